The number of carboxylic acid groups (broad SMARTS) is 1. The molecule has 0 saturated heterocycles. The molecule has 4 atom stereocenters. The van der Waals surface area contributed by atoms with Gasteiger partial charge < -0.3 is 37.5 Å². The quantitative estimate of drug-likeness (QED) is 0.146. The van der Waals surface area contributed by atoms with Crippen LogP contribution in [0.3, 0.4) is 0 Å². The highest BCUT2D eigenvalue weighted by Gasteiger charge is 2.32. The van der Waals surface area contributed by atoms with Crippen molar-refractivity contribution in [2.24, 2.45) is 17.4 Å². The van der Waals surface area contributed by atoms with Gasteiger partial charge in [-0.15, -0.1) is 0 Å². The fourth-order valence-electron chi connectivity index (χ4n) is 4.42. The predicted molar refractivity (Wildman–Crippen MR) is 152 cm³/mol. The number of H-pyrrole nitrogens is 1. The summed E-state index contributed by atoms with van der Waals surface area (Å²) < 4.78 is 0. The Hall–Kier alpha value is -4.71. The second kappa shape index (κ2) is 14.1. The number of benzene rings is 2. The van der Waals surface area contributed by atoms with Crippen molar-refractivity contribution in [1.82, 2.24) is 20.9 Å². The zero-order valence-corrected chi connectivity index (χ0v) is 22.9. The minimum atomic E-state index is -1.27. The van der Waals surface area contributed by atoms with Crippen molar-refractivity contribution < 1.29 is 29.1 Å². The highest BCUT2D eigenvalue weighted by molar-refractivity contribution is 5.95. The molecule has 0 saturated carbocycles. The van der Waals surface area contributed by atoms with E-state index in [1.54, 1.807) is 50.4 Å². The van der Waals surface area contributed by atoms with Gasteiger partial charge in [0.1, 0.15) is 18.1 Å². The van der Waals surface area contributed by atoms with Crippen molar-refractivity contribution in [2.75, 3.05) is 0 Å². The molecule has 12 nitrogen and oxygen atoms in total. The van der Waals surface area contributed by atoms with Crippen molar-refractivity contribution >= 4 is 40.5 Å². The molecule has 2 aromatic carbocycles. The number of aliphatic carboxylic acids is 1. The molecule has 3 rings (SSSR count). The first-order valence-corrected chi connectivity index (χ1v) is 13.2. The summed E-state index contributed by atoms with van der Waals surface area (Å²) in [5.74, 6) is -4.54. The molecule has 0 bridgehead atoms. The number of aromatic nitrogens is 1. The third-order valence-electron chi connectivity index (χ3n) is 6.63. The van der Waals surface area contributed by atoms with E-state index >= 15 is 0 Å². The van der Waals surface area contributed by atoms with Crippen LogP contribution in [0.15, 0.2) is 60.8 Å². The Balaban J connectivity index is 1.80. The van der Waals surface area contributed by atoms with Crippen molar-refractivity contribution in [3.63, 3.8) is 0 Å². The second-order valence-electron chi connectivity index (χ2n) is 10.2. The van der Waals surface area contributed by atoms with E-state index in [4.69, 9.17) is 11.5 Å². The summed E-state index contributed by atoms with van der Waals surface area (Å²) in [6, 6.07) is 11.5. The first kappa shape index (κ1) is 30.8. The van der Waals surface area contributed by atoms with Crippen molar-refractivity contribution in [1.29, 1.82) is 0 Å². The lowest BCUT2D eigenvalue weighted by Gasteiger charge is -2.27. The van der Waals surface area contributed by atoms with E-state index < -0.39 is 66.1 Å². The monoisotopic (exact) mass is 564 g/mol. The summed E-state index contributed by atoms with van der Waals surface area (Å²) in [5.41, 5.74) is 13.2. The number of nitrogens with two attached hydrogens (primary N) is 2. The van der Waals surface area contributed by atoms with Gasteiger partial charge in [-0.1, -0.05) is 62.4 Å². The van der Waals surface area contributed by atoms with Gasteiger partial charge in [-0.3, -0.25) is 19.2 Å². The van der Waals surface area contributed by atoms with E-state index in [0.717, 1.165) is 22.0 Å². The fraction of sp³-hybridized carbons (Fsp3) is 0.345. The SMILES string of the molecule is CC(C)C(NC(=O)C(Cc1c[nH]c2ccccc12)NC(=O)C(N)CC(N)=O)C(=O)NC(Cc1ccccc1)C(=O)O. The molecule has 4 amide bonds. The maximum Gasteiger partial charge on any atom is 0.326 e. The number of fused-ring (bicyclic) bond motifs is 1. The van der Waals surface area contributed by atoms with Crippen LogP contribution in [0.5, 0.6) is 0 Å². The third-order valence-corrected chi connectivity index (χ3v) is 6.63. The molecule has 0 spiro atoms. The summed E-state index contributed by atoms with van der Waals surface area (Å²) in [6.45, 7) is 3.40. The maximum atomic E-state index is 13.6. The number of primary amides is 1. The number of carbonyl (C=O) groups is 5. The maximum absolute atomic E-state index is 13.6. The molecule has 0 aliphatic carbocycles. The topological polar surface area (TPSA) is 209 Å². The van der Waals surface area contributed by atoms with Gasteiger partial charge in [0.2, 0.25) is 23.6 Å². The average Bonchev–Trinajstić information content (AvgIpc) is 3.33. The summed E-state index contributed by atoms with van der Waals surface area (Å²) in [4.78, 5) is 65.8. The van der Waals surface area contributed by atoms with Gasteiger partial charge in [0, 0.05) is 29.9 Å². The van der Waals surface area contributed by atoms with E-state index in [1.807, 2.05) is 24.3 Å². The molecule has 0 radical (unpaired) electrons. The molecule has 1 heterocycles. The van der Waals surface area contributed by atoms with Crippen LogP contribution in [0, 0.1) is 5.92 Å². The van der Waals surface area contributed by atoms with Crippen LogP contribution in [0.25, 0.3) is 10.9 Å². The van der Waals surface area contributed by atoms with Gasteiger partial charge in [0.05, 0.1) is 12.5 Å². The van der Waals surface area contributed by atoms with Crippen LogP contribution in [-0.2, 0) is 36.8 Å². The minimum absolute atomic E-state index is 0.0447. The summed E-state index contributed by atoms with van der Waals surface area (Å²) in [6.07, 6.45) is 1.40. The second-order valence-corrected chi connectivity index (χ2v) is 10.2. The molecular formula is C29H36N6O6. The minimum Gasteiger partial charge on any atom is -0.480 e. The average molecular weight is 565 g/mol. The number of nitrogens with one attached hydrogen (secondary N) is 4. The Labute approximate surface area is 237 Å². The van der Waals surface area contributed by atoms with Crippen LogP contribution < -0.4 is 27.4 Å². The van der Waals surface area contributed by atoms with E-state index in [9.17, 15) is 29.1 Å². The number of hydrogen-bond donors (Lipinski definition) is 7. The third kappa shape index (κ3) is 8.64. The van der Waals surface area contributed by atoms with Gasteiger partial charge in [-0.25, -0.2) is 4.79 Å². The van der Waals surface area contributed by atoms with E-state index in [0.29, 0.717) is 0 Å². The number of carboxylic acids is 1. The molecule has 0 aliphatic heterocycles. The van der Waals surface area contributed by atoms with Crippen molar-refractivity contribution in [2.45, 2.75) is 57.3 Å². The van der Waals surface area contributed by atoms with Crippen LogP contribution >= 0.6 is 0 Å². The molecule has 4 unspecified atom stereocenters. The highest BCUT2D eigenvalue weighted by Crippen LogP contribution is 2.19. The number of hydrogen-bond acceptors (Lipinski definition) is 6. The molecule has 218 valence electrons. The summed E-state index contributed by atoms with van der Waals surface area (Å²) >= 11 is 0. The van der Waals surface area contributed by atoms with Gasteiger partial charge in [-0.2, -0.15) is 0 Å². The lowest BCUT2D eigenvalue weighted by atomic mass is 9.99. The Morgan fingerprint density at radius 1 is 0.829 bits per heavy atom. The smallest absolute Gasteiger partial charge is 0.326 e. The lowest BCUT2D eigenvalue weighted by molar-refractivity contribution is -0.142. The lowest BCUT2D eigenvalue weighted by Crippen LogP contribution is -2.59. The molecule has 12 heteroatoms. The van der Waals surface area contributed by atoms with Gasteiger partial charge >= 0.3 is 5.97 Å². The highest BCUT2D eigenvalue weighted by atomic mass is 16.4. The standard InChI is InChI=1S/C29H36N6O6/c1-16(2)25(28(39)34-23(29(40)41)12-17-8-4-3-5-9-17)35-27(38)22(33-26(37)20(30)14-24(31)36)13-18-15-32-21-11-7-6-10-19(18)21/h3-11,15-16,20,22-23,25,32H,12-14,30H2,1-2H3,(H2,31,36)(H,33,37)(H,34,39)(H,35,38)(H,40,41). The summed E-state index contributed by atoms with van der Waals surface area (Å²) in [7, 11) is 0. The van der Waals surface area contributed by atoms with Crippen molar-refractivity contribution in [3.05, 3.63) is 71.9 Å². The Morgan fingerprint density at radius 2 is 1.46 bits per heavy atom. The number of carbonyl (C=O) groups excluding carboxylic acids is 4. The van der Waals surface area contributed by atoms with E-state index in [1.165, 1.54) is 0 Å². The van der Waals surface area contributed by atoms with Crippen molar-refractivity contribution in [3.8, 4) is 0 Å². The summed E-state index contributed by atoms with van der Waals surface area (Å²) in [5, 5.41) is 18.3. The Kier molecular flexibility index (Phi) is 10.6. The molecular weight excluding hydrogens is 528 g/mol. The first-order valence-electron chi connectivity index (χ1n) is 13.2. The zero-order valence-electron chi connectivity index (χ0n) is 22.9. The largest absolute Gasteiger partial charge is 0.480 e. The fourth-order valence-corrected chi connectivity index (χ4v) is 4.42. The Bertz CT molecular complexity index is 1390. The molecule has 0 fully saturated rings. The molecule has 9 N–H and O–H groups in total. The van der Waals surface area contributed by atoms with Gasteiger partial charge in [0.15, 0.2) is 0 Å². The van der Waals surface area contributed by atoms with Crippen LogP contribution in [0.4, 0.5) is 0 Å². The van der Waals surface area contributed by atoms with Crippen LogP contribution in [0.1, 0.15) is 31.4 Å². The van der Waals surface area contributed by atoms with Crippen LogP contribution in [0.2, 0.25) is 0 Å². The first-order chi connectivity index (χ1) is 19.5. The zero-order chi connectivity index (χ0) is 30.1. The predicted octanol–water partition coefficient (Wildman–Crippen LogP) is 0.351. The number of para-hydroxylation sites is 1. The van der Waals surface area contributed by atoms with Crippen LogP contribution in [-0.4, -0.2) is 63.9 Å². The van der Waals surface area contributed by atoms with Gasteiger partial charge in [0.25, 0.3) is 0 Å². The van der Waals surface area contributed by atoms with Gasteiger partial charge in [-0.05, 0) is 23.1 Å². The molecule has 41 heavy (non-hydrogen) atoms. The van der Waals surface area contributed by atoms with E-state index in [2.05, 4.69) is 20.9 Å². The van der Waals surface area contributed by atoms with E-state index in [-0.39, 0.29) is 12.8 Å². The number of aromatic amines is 1. The normalized spacial score (nSPS) is 14.0. The molecule has 1 aromatic heterocycles. The number of amides is 4. The Morgan fingerprint density at radius 3 is 2.10 bits per heavy atom. The molecule has 0 aliphatic rings. The number of rotatable bonds is 14. The molecule has 3 aromatic rings.